The van der Waals surface area contributed by atoms with Crippen molar-refractivity contribution in [2.24, 2.45) is 0 Å². The number of benzene rings is 1. The van der Waals surface area contributed by atoms with E-state index in [9.17, 15) is 5.11 Å². The van der Waals surface area contributed by atoms with Gasteiger partial charge in [-0.2, -0.15) is 0 Å². The molecule has 0 saturated carbocycles. The fourth-order valence-electron chi connectivity index (χ4n) is 3.40. The minimum atomic E-state index is 0.236. The van der Waals surface area contributed by atoms with Gasteiger partial charge >= 0.3 is 0 Å². The molecular formula is C19H21N5O2. The van der Waals surface area contributed by atoms with E-state index in [1.807, 2.05) is 26.0 Å². The summed E-state index contributed by atoms with van der Waals surface area (Å²) in [6, 6.07) is 5.52. The number of nitrogens with zero attached hydrogens (tertiary/aromatic N) is 4. The van der Waals surface area contributed by atoms with Crippen molar-refractivity contribution in [1.29, 1.82) is 0 Å². The van der Waals surface area contributed by atoms with Crippen molar-refractivity contribution in [1.82, 2.24) is 15.0 Å². The van der Waals surface area contributed by atoms with Crippen molar-refractivity contribution < 1.29 is 9.84 Å². The van der Waals surface area contributed by atoms with Crippen LogP contribution >= 0.6 is 0 Å². The number of ether oxygens (including phenoxy) is 1. The fraction of sp³-hybridized carbons (Fsp3) is 0.316. The molecule has 1 aliphatic rings. The Balaban J connectivity index is 2.02. The third-order valence-electron chi connectivity index (χ3n) is 4.86. The number of aromatic nitrogens is 3. The van der Waals surface area contributed by atoms with E-state index in [-0.39, 0.29) is 5.75 Å². The van der Waals surface area contributed by atoms with Gasteiger partial charge in [-0.3, -0.25) is 0 Å². The topological polar surface area (TPSA) is 97.4 Å². The SMILES string of the molecule is Cc1ccc(O)c(C)c1-c1nc(N2CCOCC2)cc2c(N)ncnc12. The Bertz CT molecular complexity index is 983. The van der Waals surface area contributed by atoms with Gasteiger partial charge in [0.1, 0.15) is 29.2 Å². The Kier molecular flexibility index (Phi) is 4.08. The van der Waals surface area contributed by atoms with E-state index >= 15 is 0 Å². The van der Waals surface area contributed by atoms with Crippen molar-refractivity contribution >= 4 is 22.5 Å². The molecule has 1 saturated heterocycles. The van der Waals surface area contributed by atoms with E-state index < -0.39 is 0 Å². The van der Waals surface area contributed by atoms with Gasteiger partial charge in [-0.1, -0.05) is 6.07 Å². The maximum absolute atomic E-state index is 10.2. The summed E-state index contributed by atoms with van der Waals surface area (Å²) in [6.07, 6.45) is 1.45. The standard InChI is InChI=1S/C19H21N5O2/c1-11-3-4-14(25)12(2)16(11)18-17-13(19(20)22-10-21-17)9-15(23-18)24-5-7-26-8-6-24/h3-4,9-10,25H,5-8H2,1-2H3,(H2,20,21,22). The van der Waals surface area contributed by atoms with Crippen LogP contribution in [0.1, 0.15) is 11.1 Å². The third-order valence-corrected chi connectivity index (χ3v) is 4.86. The smallest absolute Gasteiger partial charge is 0.134 e. The molecule has 2 aromatic heterocycles. The van der Waals surface area contributed by atoms with Gasteiger partial charge in [0, 0.05) is 29.6 Å². The zero-order valence-electron chi connectivity index (χ0n) is 14.9. The molecule has 7 heteroatoms. The maximum Gasteiger partial charge on any atom is 0.134 e. The van der Waals surface area contributed by atoms with Crippen molar-refractivity contribution in [3.63, 3.8) is 0 Å². The van der Waals surface area contributed by atoms with E-state index in [2.05, 4.69) is 14.9 Å². The van der Waals surface area contributed by atoms with Gasteiger partial charge < -0.3 is 20.5 Å². The van der Waals surface area contributed by atoms with E-state index in [1.165, 1.54) is 6.33 Å². The number of hydrogen-bond acceptors (Lipinski definition) is 7. The molecule has 26 heavy (non-hydrogen) atoms. The molecule has 0 aliphatic carbocycles. The minimum Gasteiger partial charge on any atom is -0.508 e. The van der Waals surface area contributed by atoms with Crippen molar-refractivity contribution in [3.8, 4) is 17.0 Å². The normalized spacial score (nSPS) is 14.8. The lowest BCUT2D eigenvalue weighted by Gasteiger charge is -2.28. The van der Waals surface area contributed by atoms with Crippen molar-refractivity contribution in [2.75, 3.05) is 36.9 Å². The highest BCUT2D eigenvalue weighted by Gasteiger charge is 2.20. The predicted octanol–water partition coefficient (Wildman–Crippen LogP) is 2.43. The van der Waals surface area contributed by atoms with Crippen LogP contribution in [0.2, 0.25) is 0 Å². The van der Waals surface area contributed by atoms with E-state index in [0.717, 1.165) is 41.0 Å². The first-order valence-electron chi connectivity index (χ1n) is 8.59. The number of nitrogens with two attached hydrogens (primary N) is 1. The number of hydrogen-bond donors (Lipinski definition) is 2. The summed E-state index contributed by atoms with van der Waals surface area (Å²) in [6.45, 7) is 6.76. The van der Waals surface area contributed by atoms with Crippen LogP contribution in [0.3, 0.4) is 0 Å². The number of aryl methyl sites for hydroxylation is 1. The van der Waals surface area contributed by atoms with Crippen LogP contribution in [-0.2, 0) is 4.74 Å². The molecule has 3 heterocycles. The quantitative estimate of drug-likeness (QED) is 0.732. The molecule has 0 unspecified atom stereocenters. The van der Waals surface area contributed by atoms with Crippen LogP contribution in [0, 0.1) is 13.8 Å². The summed E-state index contributed by atoms with van der Waals surface area (Å²) in [5.41, 5.74) is 10.2. The summed E-state index contributed by atoms with van der Waals surface area (Å²) in [7, 11) is 0. The lowest BCUT2D eigenvalue weighted by molar-refractivity contribution is 0.122. The molecule has 0 amide bonds. The highest BCUT2D eigenvalue weighted by atomic mass is 16.5. The molecule has 134 valence electrons. The summed E-state index contributed by atoms with van der Waals surface area (Å²) >= 11 is 0. The molecule has 4 rings (SSSR count). The van der Waals surface area contributed by atoms with E-state index in [0.29, 0.717) is 30.2 Å². The van der Waals surface area contributed by atoms with Crippen LogP contribution in [0.4, 0.5) is 11.6 Å². The molecule has 0 spiro atoms. The second-order valence-corrected chi connectivity index (χ2v) is 6.49. The third kappa shape index (κ3) is 2.70. The molecule has 1 aliphatic heterocycles. The fourth-order valence-corrected chi connectivity index (χ4v) is 3.40. The Hall–Kier alpha value is -2.93. The second kappa shape index (κ2) is 6.42. The second-order valence-electron chi connectivity index (χ2n) is 6.49. The van der Waals surface area contributed by atoms with E-state index in [4.69, 9.17) is 15.5 Å². The lowest BCUT2D eigenvalue weighted by Crippen LogP contribution is -2.36. The van der Waals surface area contributed by atoms with Crippen LogP contribution in [0.5, 0.6) is 5.75 Å². The molecule has 0 radical (unpaired) electrons. The van der Waals surface area contributed by atoms with Crippen LogP contribution in [-0.4, -0.2) is 46.4 Å². The summed E-state index contributed by atoms with van der Waals surface area (Å²) in [4.78, 5) is 15.7. The zero-order chi connectivity index (χ0) is 18.3. The van der Waals surface area contributed by atoms with Crippen molar-refractivity contribution in [2.45, 2.75) is 13.8 Å². The number of phenolic OH excluding ortho intramolecular Hbond substituents is 1. The Morgan fingerprint density at radius 2 is 1.92 bits per heavy atom. The monoisotopic (exact) mass is 351 g/mol. The van der Waals surface area contributed by atoms with Gasteiger partial charge in [0.05, 0.1) is 18.9 Å². The summed E-state index contributed by atoms with van der Waals surface area (Å²) in [5.74, 6) is 1.47. The molecular weight excluding hydrogens is 330 g/mol. The first-order valence-corrected chi connectivity index (χ1v) is 8.59. The van der Waals surface area contributed by atoms with Gasteiger partial charge in [0.2, 0.25) is 0 Å². The Labute approximate surface area is 151 Å². The average Bonchev–Trinajstić information content (AvgIpc) is 2.66. The van der Waals surface area contributed by atoms with Crippen LogP contribution in [0.25, 0.3) is 22.2 Å². The van der Waals surface area contributed by atoms with E-state index in [1.54, 1.807) is 6.07 Å². The zero-order valence-corrected chi connectivity index (χ0v) is 14.9. The van der Waals surface area contributed by atoms with Crippen LogP contribution in [0.15, 0.2) is 24.5 Å². The number of aromatic hydroxyl groups is 1. The maximum atomic E-state index is 10.2. The van der Waals surface area contributed by atoms with Gasteiger partial charge in [-0.05, 0) is 31.5 Å². The van der Waals surface area contributed by atoms with Gasteiger partial charge in [0.15, 0.2) is 0 Å². The number of anilines is 2. The number of fused-ring (bicyclic) bond motifs is 1. The number of rotatable bonds is 2. The molecule has 3 aromatic rings. The predicted molar refractivity (Wildman–Crippen MR) is 101 cm³/mol. The van der Waals surface area contributed by atoms with Gasteiger partial charge in [-0.25, -0.2) is 15.0 Å². The molecule has 0 atom stereocenters. The van der Waals surface area contributed by atoms with Crippen molar-refractivity contribution in [3.05, 3.63) is 35.7 Å². The molecule has 1 fully saturated rings. The number of phenols is 1. The first kappa shape index (κ1) is 16.5. The number of morpholine rings is 1. The molecule has 1 aromatic carbocycles. The minimum absolute atomic E-state index is 0.236. The number of nitrogen functional groups attached to an aromatic ring is 1. The molecule has 0 bridgehead atoms. The Morgan fingerprint density at radius 1 is 1.15 bits per heavy atom. The number of pyridine rings is 1. The Morgan fingerprint density at radius 3 is 2.69 bits per heavy atom. The average molecular weight is 351 g/mol. The van der Waals surface area contributed by atoms with Gasteiger partial charge in [0.25, 0.3) is 0 Å². The molecule has 3 N–H and O–H groups in total. The lowest BCUT2D eigenvalue weighted by atomic mass is 9.97. The van der Waals surface area contributed by atoms with Crippen LogP contribution < -0.4 is 10.6 Å². The van der Waals surface area contributed by atoms with Gasteiger partial charge in [-0.15, -0.1) is 0 Å². The first-order chi connectivity index (χ1) is 12.6. The summed E-state index contributed by atoms with van der Waals surface area (Å²) in [5, 5.41) is 11.0. The highest BCUT2D eigenvalue weighted by molar-refractivity contribution is 5.99. The molecule has 7 nitrogen and oxygen atoms in total. The largest absolute Gasteiger partial charge is 0.508 e. The summed E-state index contributed by atoms with van der Waals surface area (Å²) < 4.78 is 5.45. The highest BCUT2D eigenvalue weighted by Crippen LogP contribution is 2.37.